The van der Waals surface area contributed by atoms with Gasteiger partial charge in [0.15, 0.2) is 11.6 Å². The van der Waals surface area contributed by atoms with Gasteiger partial charge >= 0.3 is 0 Å². The molecule has 1 aromatic rings. The van der Waals surface area contributed by atoms with Crippen LogP contribution < -0.4 is 4.90 Å². The Morgan fingerprint density at radius 1 is 1.50 bits per heavy atom. The third-order valence-electron chi connectivity index (χ3n) is 3.08. The number of ether oxygens (including phenoxy) is 2. The van der Waals surface area contributed by atoms with Crippen LogP contribution >= 0.6 is 0 Å². The highest BCUT2D eigenvalue weighted by atomic mass is 16.7. The van der Waals surface area contributed by atoms with Gasteiger partial charge in [0.2, 0.25) is 0 Å². The largest absolute Gasteiger partial charge is 0.388 e. The van der Waals surface area contributed by atoms with E-state index in [9.17, 15) is 5.11 Å². The molecule has 3 rings (SSSR count). The Bertz CT molecular complexity index is 346. The summed E-state index contributed by atoms with van der Waals surface area (Å²) in [6.45, 7) is 2.24. The molecule has 0 atom stereocenters. The van der Waals surface area contributed by atoms with Gasteiger partial charge in [0.05, 0.1) is 19.8 Å². The summed E-state index contributed by atoms with van der Waals surface area (Å²) in [7, 11) is 0. The Morgan fingerprint density at radius 3 is 3.00 bits per heavy atom. The fraction of sp³-hybridized carbons (Fsp3) is 0.700. The van der Waals surface area contributed by atoms with Gasteiger partial charge in [0.1, 0.15) is 6.10 Å². The summed E-state index contributed by atoms with van der Waals surface area (Å²) in [5.41, 5.74) is 0. The smallest absolute Gasteiger partial charge is 0.187 e. The molecular formula is C10H15N3O3. The Balaban J connectivity index is 1.68. The second-order valence-electron chi connectivity index (χ2n) is 4.29. The van der Waals surface area contributed by atoms with Crippen LogP contribution in [0.4, 0.5) is 5.82 Å². The molecule has 16 heavy (non-hydrogen) atoms. The van der Waals surface area contributed by atoms with Crippen molar-refractivity contribution in [1.29, 1.82) is 0 Å². The zero-order valence-corrected chi connectivity index (χ0v) is 8.93. The number of aliphatic hydroxyl groups excluding tert-OH is 1. The third-order valence-corrected chi connectivity index (χ3v) is 3.08. The second kappa shape index (κ2) is 3.73. The average molecular weight is 225 g/mol. The molecule has 1 aromatic heterocycles. The van der Waals surface area contributed by atoms with Crippen LogP contribution in [0.1, 0.15) is 6.42 Å². The second-order valence-corrected chi connectivity index (χ2v) is 4.29. The maximum atomic E-state index is 9.32. The minimum Gasteiger partial charge on any atom is -0.388 e. The van der Waals surface area contributed by atoms with E-state index in [4.69, 9.17) is 9.47 Å². The number of anilines is 1. The van der Waals surface area contributed by atoms with Crippen molar-refractivity contribution in [2.75, 3.05) is 31.2 Å². The van der Waals surface area contributed by atoms with Gasteiger partial charge < -0.3 is 19.5 Å². The molecule has 2 aliphatic rings. The Labute approximate surface area is 93.2 Å². The van der Waals surface area contributed by atoms with E-state index in [0.717, 1.165) is 18.8 Å². The standard InChI is InChI=1S/C10H15N3O3/c14-8-5-15-10(16-6-8)2-4-13(7-10)9-1-3-11-12-9/h1,3,8,14H,2,4-7H2,(H,11,12)/t8-,10-. The summed E-state index contributed by atoms with van der Waals surface area (Å²) >= 11 is 0. The van der Waals surface area contributed by atoms with E-state index in [1.807, 2.05) is 6.07 Å². The number of aromatic nitrogens is 2. The van der Waals surface area contributed by atoms with Gasteiger partial charge in [-0.3, -0.25) is 5.10 Å². The van der Waals surface area contributed by atoms with Crippen molar-refractivity contribution in [3.8, 4) is 0 Å². The summed E-state index contributed by atoms with van der Waals surface area (Å²) in [5.74, 6) is 0.369. The van der Waals surface area contributed by atoms with Gasteiger partial charge in [0.25, 0.3) is 0 Å². The van der Waals surface area contributed by atoms with Crippen LogP contribution in [-0.2, 0) is 9.47 Å². The van der Waals surface area contributed by atoms with Crippen molar-refractivity contribution in [3.63, 3.8) is 0 Å². The average Bonchev–Trinajstić information content (AvgIpc) is 2.93. The number of nitrogens with zero attached hydrogens (tertiary/aromatic N) is 2. The number of rotatable bonds is 1. The first kappa shape index (κ1) is 10.1. The summed E-state index contributed by atoms with van der Waals surface area (Å²) in [4.78, 5) is 2.12. The van der Waals surface area contributed by atoms with Gasteiger partial charge in [-0.2, -0.15) is 5.10 Å². The van der Waals surface area contributed by atoms with E-state index < -0.39 is 11.9 Å². The molecule has 0 aromatic carbocycles. The molecule has 2 N–H and O–H groups in total. The van der Waals surface area contributed by atoms with Crippen molar-refractivity contribution in [2.24, 2.45) is 0 Å². The van der Waals surface area contributed by atoms with Gasteiger partial charge in [-0.1, -0.05) is 0 Å². The minimum atomic E-state index is -0.543. The normalized spacial score (nSPS) is 34.8. The summed E-state index contributed by atoms with van der Waals surface area (Å²) in [6.07, 6.45) is 2.12. The lowest BCUT2D eigenvalue weighted by atomic mass is 10.2. The van der Waals surface area contributed by atoms with Crippen LogP contribution in [0.25, 0.3) is 0 Å². The molecule has 6 nitrogen and oxygen atoms in total. The molecule has 0 amide bonds. The summed E-state index contributed by atoms with van der Waals surface area (Å²) in [6, 6.07) is 1.93. The van der Waals surface area contributed by atoms with Crippen LogP contribution in [0.2, 0.25) is 0 Å². The molecule has 0 saturated carbocycles. The number of H-pyrrole nitrogens is 1. The van der Waals surface area contributed by atoms with Crippen molar-refractivity contribution < 1.29 is 14.6 Å². The number of aromatic amines is 1. The molecule has 3 heterocycles. The maximum Gasteiger partial charge on any atom is 0.187 e. The maximum absolute atomic E-state index is 9.32. The molecule has 2 fully saturated rings. The van der Waals surface area contributed by atoms with E-state index in [2.05, 4.69) is 15.1 Å². The van der Waals surface area contributed by atoms with Gasteiger partial charge in [-0.15, -0.1) is 0 Å². The zero-order valence-electron chi connectivity index (χ0n) is 8.93. The van der Waals surface area contributed by atoms with Crippen LogP contribution in [0.3, 0.4) is 0 Å². The lowest BCUT2D eigenvalue weighted by Gasteiger charge is -2.35. The van der Waals surface area contributed by atoms with Gasteiger partial charge in [-0.25, -0.2) is 0 Å². The third kappa shape index (κ3) is 1.68. The number of nitrogens with one attached hydrogen (secondary N) is 1. The Kier molecular flexibility index (Phi) is 2.34. The first-order valence-corrected chi connectivity index (χ1v) is 5.48. The summed E-state index contributed by atoms with van der Waals surface area (Å²) < 4.78 is 11.2. The van der Waals surface area contributed by atoms with Gasteiger partial charge in [-0.05, 0) is 0 Å². The first-order chi connectivity index (χ1) is 7.77. The first-order valence-electron chi connectivity index (χ1n) is 5.48. The highest BCUT2D eigenvalue weighted by Gasteiger charge is 2.44. The number of hydrogen-bond acceptors (Lipinski definition) is 5. The lowest BCUT2D eigenvalue weighted by molar-refractivity contribution is -0.280. The van der Waals surface area contributed by atoms with Gasteiger partial charge in [0, 0.05) is 25.2 Å². The SMILES string of the molecule is O[C@H]1CO[C@@]2(CCN(c3cc[nH]n3)C2)OC1. The predicted molar refractivity (Wildman–Crippen MR) is 56.1 cm³/mol. The minimum absolute atomic E-state index is 0.356. The van der Waals surface area contributed by atoms with Crippen LogP contribution in [0, 0.1) is 0 Å². The highest BCUT2D eigenvalue weighted by molar-refractivity contribution is 5.38. The van der Waals surface area contributed by atoms with Crippen molar-refractivity contribution in [3.05, 3.63) is 12.3 Å². The lowest BCUT2D eigenvalue weighted by Crippen LogP contribution is -2.48. The van der Waals surface area contributed by atoms with Crippen molar-refractivity contribution >= 4 is 5.82 Å². The topological polar surface area (TPSA) is 70.6 Å². The van der Waals surface area contributed by atoms with Crippen LogP contribution in [0.5, 0.6) is 0 Å². The molecule has 0 unspecified atom stereocenters. The highest BCUT2D eigenvalue weighted by Crippen LogP contribution is 2.31. The molecule has 2 saturated heterocycles. The van der Waals surface area contributed by atoms with Crippen LogP contribution in [-0.4, -0.2) is 53.5 Å². The Morgan fingerprint density at radius 2 is 2.31 bits per heavy atom. The van der Waals surface area contributed by atoms with E-state index in [-0.39, 0.29) is 0 Å². The number of aliphatic hydroxyl groups is 1. The molecule has 1 spiro atoms. The van der Waals surface area contributed by atoms with E-state index in [0.29, 0.717) is 19.8 Å². The fourth-order valence-corrected chi connectivity index (χ4v) is 2.20. The molecule has 0 bridgehead atoms. The van der Waals surface area contributed by atoms with Crippen LogP contribution in [0.15, 0.2) is 12.3 Å². The molecular weight excluding hydrogens is 210 g/mol. The Hall–Kier alpha value is -1.11. The van der Waals surface area contributed by atoms with E-state index >= 15 is 0 Å². The number of hydrogen-bond donors (Lipinski definition) is 2. The predicted octanol–water partition coefficient (Wildman–Crippen LogP) is -0.276. The summed E-state index contributed by atoms with van der Waals surface area (Å²) in [5, 5.41) is 16.2. The zero-order chi connectivity index (χ0) is 11.0. The molecule has 2 aliphatic heterocycles. The van der Waals surface area contributed by atoms with E-state index in [1.54, 1.807) is 6.20 Å². The quantitative estimate of drug-likeness (QED) is 0.688. The molecule has 6 heteroatoms. The molecule has 0 radical (unpaired) electrons. The molecule has 0 aliphatic carbocycles. The van der Waals surface area contributed by atoms with Crippen molar-refractivity contribution in [2.45, 2.75) is 18.3 Å². The van der Waals surface area contributed by atoms with E-state index in [1.165, 1.54) is 0 Å². The fourth-order valence-electron chi connectivity index (χ4n) is 2.20. The molecule has 88 valence electrons. The monoisotopic (exact) mass is 225 g/mol. The van der Waals surface area contributed by atoms with Crippen molar-refractivity contribution in [1.82, 2.24) is 10.2 Å².